The number of ether oxygens (including phenoxy) is 1. The van der Waals surface area contributed by atoms with E-state index in [2.05, 4.69) is 20.7 Å². The van der Waals surface area contributed by atoms with Crippen LogP contribution in [-0.4, -0.2) is 75.1 Å². The quantitative estimate of drug-likeness (QED) is 0.414. The first-order valence-electron chi connectivity index (χ1n) is 10.6. The molecule has 0 bridgehead atoms. The Bertz CT molecular complexity index is 761. The third-order valence-electron chi connectivity index (χ3n) is 5.99. The molecule has 1 saturated heterocycles. The van der Waals surface area contributed by atoms with Crippen molar-refractivity contribution in [2.75, 3.05) is 28.5 Å². The van der Waals surface area contributed by atoms with Gasteiger partial charge in [-0.05, 0) is 12.8 Å². The zero-order valence-electron chi connectivity index (χ0n) is 17.1. The Morgan fingerprint density at radius 3 is 2.67 bits per heavy atom. The SMILES string of the molecule is CCC(=O)NN1CN([C@@H]2O[C@H](CO)C(O)C2O)c2ncnc(NC3CCCCC3)c21. The van der Waals surface area contributed by atoms with Crippen molar-refractivity contribution in [3.05, 3.63) is 6.33 Å². The molecule has 11 nitrogen and oxygen atoms in total. The van der Waals surface area contributed by atoms with Gasteiger partial charge in [-0.15, -0.1) is 0 Å². The van der Waals surface area contributed by atoms with Gasteiger partial charge in [-0.3, -0.25) is 15.2 Å². The fourth-order valence-corrected chi connectivity index (χ4v) is 4.32. The fraction of sp³-hybridized carbons (Fsp3) is 0.737. The average Bonchev–Trinajstić information content (AvgIpc) is 3.26. The van der Waals surface area contributed by atoms with Gasteiger partial charge in [0.15, 0.2) is 17.9 Å². The van der Waals surface area contributed by atoms with Crippen molar-refractivity contribution in [3.8, 4) is 0 Å². The number of carbonyl (C=O) groups is 1. The summed E-state index contributed by atoms with van der Waals surface area (Å²) < 4.78 is 5.70. The zero-order chi connectivity index (χ0) is 21.3. The zero-order valence-corrected chi connectivity index (χ0v) is 17.1. The minimum atomic E-state index is -1.23. The van der Waals surface area contributed by atoms with Crippen molar-refractivity contribution in [1.82, 2.24) is 15.4 Å². The Hall–Kier alpha value is -2.21. The van der Waals surface area contributed by atoms with E-state index in [0.29, 0.717) is 29.8 Å². The van der Waals surface area contributed by atoms with Gasteiger partial charge in [-0.25, -0.2) is 9.97 Å². The number of carbonyl (C=O) groups excluding carboxylic acids is 1. The fourth-order valence-electron chi connectivity index (χ4n) is 4.32. The summed E-state index contributed by atoms with van der Waals surface area (Å²) in [5, 5.41) is 35.2. The number of fused-ring (bicyclic) bond motifs is 1. The van der Waals surface area contributed by atoms with Crippen molar-refractivity contribution in [1.29, 1.82) is 0 Å². The van der Waals surface area contributed by atoms with Gasteiger partial charge in [-0.1, -0.05) is 26.2 Å². The first-order chi connectivity index (χ1) is 14.5. The van der Waals surface area contributed by atoms with Crippen LogP contribution in [0.15, 0.2) is 6.33 Å². The maximum atomic E-state index is 12.1. The van der Waals surface area contributed by atoms with E-state index in [1.165, 1.54) is 12.7 Å². The maximum Gasteiger partial charge on any atom is 0.238 e. The van der Waals surface area contributed by atoms with Gasteiger partial charge in [-0.2, -0.15) is 0 Å². The number of hydrogen-bond donors (Lipinski definition) is 5. The molecule has 1 aromatic heterocycles. The van der Waals surface area contributed by atoms with E-state index >= 15 is 0 Å². The third-order valence-corrected chi connectivity index (χ3v) is 5.99. The first kappa shape index (κ1) is 21.0. The highest BCUT2D eigenvalue weighted by molar-refractivity contribution is 5.86. The molecule has 5 N–H and O–H groups in total. The second kappa shape index (κ2) is 8.88. The highest BCUT2D eigenvalue weighted by Gasteiger charge is 2.49. The molecule has 11 heteroatoms. The van der Waals surface area contributed by atoms with E-state index in [4.69, 9.17) is 4.74 Å². The lowest BCUT2D eigenvalue weighted by atomic mass is 9.95. The summed E-state index contributed by atoms with van der Waals surface area (Å²) in [6, 6.07) is 0.296. The molecule has 4 atom stereocenters. The monoisotopic (exact) mass is 422 g/mol. The van der Waals surface area contributed by atoms with Gasteiger partial charge in [0, 0.05) is 12.5 Å². The summed E-state index contributed by atoms with van der Waals surface area (Å²) in [5.41, 5.74) is 3.45. The minimum absolute atomic E-state index is 0.158. The molecular formula is C19H30N6O5. The van der Waals surface area contributed by atoms with E-state index < -0.39 is 31.1 Å². The van der Waals surface area contributed by atoms with Crippen LogP contribution in [0.2, 0.25) is 0 Å². The molecule has 0 spiro atoms. The number of rotatable bonds is 6. The number of hydrogen-bond acceptors (Lipinski definition) is 10. The van der Waals surface area contributed by atoms with Crippen LogP contribution in [0.3, 0.4) is 0 Å². The predicted octanol–water partition coefficient (Wildman–Crippen LogP) is -0.315. The second-order valence-electron chi connectivity index (χ2n) is 8.03. The predicted molar refractivity (Wildman–Crippen MR) is 109 cm³/mol. The molecule has 1 aromatic rings. The highest BCUT2D eigenvalue weighted by Crippen LogP contribution is 2.42. The van der Waals surface area contributed by atoms with Crippen molar-refractivity contribution in [3.63, 3.8) is 0 Å². The van der Waals surface area contributed by atoms with Crippen LogP contribution in [0.4, 0.5) is 17.3 Å². The summed E-state index contributed by atoms with van der Waals surface area (Å²) >= 11 is 0. The number of hydrazine groups is 1. The second-order valence-corrected chi connectivity index (χ2v) is 8.03. The van der Waals surface area contributed by atoms with Gasteiger partial charge >= 0.3 is 0 Å². The molecular weight excluding hydrogens is 392 g/mol. The molecule has 4 rings (SSSR count). The molecule has 2 unspecified atom stereocenters. The van der Waals surface area contributed by atoms with E-state index in [1.807, 2.05) is 0 Å². The van der Waals surface area contributed by atoms with E-state index in [-0.39, 0.29) is 12.6 Å². The molecule has 30 heavy (non-hydrogen) atoms. The lowest BCUT2D eigenvalue weighted by Crippen LogP contribution is -2.50. The highest BCUT2D eigenvalue weighted by atomic mass is 16.6. The average molecular weight is 422 g/mol. The molecule has 0 radical (unpaired) electrons. The van der Waals surface area contributed by atoms with Gasteiger partial charge in [0.2, 0.25) is 5.91 Å². The van der Waals surface area contributed by atoms with Crippen molar-refractivity contribution in [2.45, 2.75) is 76.0 Å². The molecule has 166 valence electrons. The molecule has 1 saturated carbocycles. The van der Waals surface area contributed by atoms with Crippen molar-refractivity contribution in [2.24, 2.45) is 0 Å². The van der Waals surface area contributed by atoms with Crippen LogP contribution in [0.1, 0.15) is 45.4 Å². The number of aliphatic hydroxyl groups excluding tert-OH is 3. The third kappa shape index (κ3) is 3.89. The molecule has 2 fully saturated rings. The van der Waals surface area contributed by atoms with Gasteiger partial charge in [0.05, 0.1) is 6.61 Å². The Morgan fingerprint density at radius 2 is 2.00 bits per heavy atom. The van der Waals surface area contributed by atoms with Crippen LogP contribution < -0.4 is 20.7 Å². The van der Waals surface area contributed by atoms with Crippen LogP contribution in [0.25, 0.3) is 0 Å². The Kier molecular flexibility index (Phi) is 6.23. The number of nitrogens with zero attached hydrogens (tertiary/aromatic N) is 4. The van der Waals surface area contributed by atoms with Gasteiger partial charge in [0.25, 0.3) is 0 Å². The molecule has 1 aliphatic carbocycles. The summed E-state index contributed by atoms with van der Waals surface area (Å²) in [4.78, 5) is 22.6. The largest absolute Gasteiger partial charge is 0.394 e. The Balaban J connectivity index is 1.65. The molecule has 2 aliphatic heterocycles. The van der Waals surface area contributed by atoms with Crippen LogP contribution >= 0.6 is 0 Å². The van der Waals surface area contributed by atoms with Crippen molar-refractivity contribution >= 4 is 23.2 Å². The summed E-state index contributed by atoms with van der Waals surface area (Å²) in [5.74, 6) is 0.920. The summed E-state index contributed by atoms with van der Waals surface area (Å²) in [6.07, 6.45) is 3.14. The molecule has 0 aromatic carbocycles. The Morgan fingerprint density at radius 1 is 1.23 bits per heavy atom. The lowest BCUT2D eigenvalue weighted by molar-refractivity contribution is -0.120. The molecule has 3 heterocycles. The van der Waals surface area contributed by atoms with E-state index in [0.717, 1.165) is 25.7 Å². The normalized spacial score (nSPS) is 29.2. The lowest BCUT2D eigenvalue weighted by Gasteiger charge is -2.28. The summed E-state index contributed by atoms with van der Waals surface area (Å²) in [6.45, 7) is 1.51. The first-order valence-corrected chi connectivity index (χ1v) is 10.6. The number of nitrogens with one attached hydrogen (secondary N) is 2. The number of amides is 1. The van der Waals surface area contributed by atoms with E-state index in [9.17, 15) is 20.1 Å². The van der Waals surface area contributed by atoms with E-state index in [1.54, 1.807) is 16.8 Å². The van der Waals surface area contributed by atoms with Gasteiger partial charge in [0.1, 0.15) is 37.0 Å². The van der Waals surface area contributed by atoms with Crippen LogP contribution in [-0.2, 0) is 9.53 Å². The molecule has 1 amide bonds. The van der Waals surface area contributed by atoms with Gasteiger partial charge < -0.3 is 30.3 Å². The number of aliphatic hydroxyl groups is 3. The smallest absolute Gasteiger partial charge is 0.238 e. The topological polar surface area (TPSA) is 143 Å². The maximum absolute atomic E-state index is 12.1. The standard InChI is InChI=1S/C19H30N6O5/c1-2-13(27)23-25-10-24(19-16(29)15(28)12(8-26)30-19)18-14(25)17(20-9-21-18)22-11-6-4-3-5-7-11/h9,11-12,15-16,19,26,28-29H,2-8,10H2,1H3,(H,23,27)(H,20,21,22)/t12-,15?,16?,19-/m1/s1. The Labute approximate surface area is 175 Å². The summed E-state index contributed by atoms with van der Waals surface area (Å²) in [7, 11) is 0. The number of aromatic nitrogens is 2. The number of anilines is 3. The minimum Gasteiger partial charge on any atom is -0.394 e. The van der Waals surface area contributed by atoms with Crippen molar-refractivity contribution < 1.29 is 24.9 Å². The van der Waals surface area contributed by atoms with Crippen LogP contribution in [0, 0.1) is 0 Å². The van der Waals surface area contributed by atoms with Crippen LogP contribution in [0.5, 0.6) is 0 Å². The molecule has 3 aliphatic rings.